The molecule has 0 aliphatic carbocycles. The van der Waals surface area contributed by atoms with Gasteiger partial charge in [-0.05, 0) is 45.3 Å². The van der Waals surface area contributed by atoms with E-state index in [-0.39, 0.29) is 0 Å². The minimum Gasteiger partial charge on any atom is -0.314 e. The van der Waals surface area contributed by atoms with Gasteiger partial charge in [0.1, 0.15) is 0 Å². The average molecular weight is 260 g/mol. The van der Waals surface area contributed by atoms with E-state index in [0.29, 0.717) is 17.2 Å². The van der Waals surface area contributed by atoms with Crippen molar-refractivity contribution >= 4 is 10.8 Å². The molecular weight excluding hydrogens is 232 g/mol. The molecule has 1 saturated heterocycles. The van der Waals surface area contributed by atoms with Crippen molar-refractivity contribution < 1.29 is 4.21 Å². The number of hydrogen-bond donors (Lipinski definition) is 1. The molecule has 1 fully saturated rings. The van der Waals surface area contributed by atoms with Crippen molar-refractivity contribution in [2.45, 2.75) is 44.9 Å². The lowest BCUT2D eigenvalue weighted by Gasteiger charge is -2.31. The second kappa shape index (κ2) is 7.49. The first kappa shape index (κ1) is 15.1. The van der Waals surface area contributed by atoms with Crippen LogP contribution >= 0.6 is 0 Å². The lowest BCUT2D eigenvalue weighted by atomic mass is 10.1. The Labute approximate surface area is 109 Å². The molecule has 0 bridgehead atoms. The zero-order valence-electron chi connectivity index (χ0n) is 11.7. The van der Waals surface area contributed by atoms with Crippen LogP contribution in [0.25, 0.3) is 0 Å². The van der Waals surface area contributed by atoms with Gasteiger partial charge in [-0.25, -0.2) is 0 Å². The second-order valence-corrected chi connectivity index (χ2v) is 7.40. The molecule has 4 unspecified atom stereocenters. The van der Waals surface area contributed by atoms with Crippen molar-refractivity contribution in [2.75, 3.05) is 32.4 Å². The lowest BCUT2D eigenvalue weighted by molar-refractivity contribution is 0.200. The molecule has 0 aromatic heterocycles. The highest BCUT2D eigenvalue weighted by molar-refractivity contribution is 7.84. The molecule has 102 valence electrons. The van der Waals surface area contributed by atoms with Crippen LogP contribution in [0.2, 0.25) is 0 Å². The highest BCUT2D eigenvalue weighted by atomic mass is 32.2. The number of hydrogen-bond acceptors (Lipinski definition) is 3. The molecular formula is C13H28N2OS. The van der Waals surface area contributed by atoms with E-state index in [1.165, 1.54) is 19.5 Å². The highest BCUT2D eigenvalue weighted by Gasteiger charge is 2.17. The van der Waals surface area contributed by atoms with Crippen LogP contribution in [0.1, 0.15) is 33.6 Å². The van der Waals surface area contributed by atoms with Gasteiger partial charge in [0.05, 0.1) is 0 Å². The van der Waals surface area contributed by atoms with E-state index in [9.17, 15) is 4.21 Å². The van der Waals surface area contributed by atoms with Gasteiger partial charge >= 0.3 is 0 Å². The van der Waals surface area contributed by atoms with Crippen molar-refractivity contribution in [3.8, 4) is 0 Å². The SMILES string of the molecule is CC1CNC(C)CCN(CCC(C)S(C)=O)C1. The third-order valence-electron chi connectivity index (χ3n) is 3.68. The zero-order valence-corrected chi connectivity index (χ0v) is 12.6. The minimum atomic E-state index is -0.677. The number of nitrogens with zero attached hydrogens (tertiary/aromatic N) is 1. The lowest BCUT2D eigenvalue weighted by Crippen LogP contribution is -2.43. The maximum absolute atomic E-state index is 11.3. The molecule has 17 heavy (non-hydrogen) atoms. The molecule has 1 N–H and O–H groups in total. The van der Waals surface area contributed by atoms with Crippen LogP contribution in [0.5, 0.6) is 0 Å². The smallest absolute Gasteiger partial charge is 0.0329 e. The summed E-state index contributed by atoms with van der Waals surface area (Å²) in [6, 6.07) is 0.623. The van der Waals surface area contributed by atoms with Crippen LogP contribution < -0.4 is 5.32 Å². The first-order valence-corrected chi connectivity index (χ1v) is 8.39. The Morgan fingerprint density at radius 1 is 1.47 bits per heavy atom. The summed E-state index contributed by atoms with van der Waals surface area (Å²) in [4.78, 5) is 2.55. The summed E-state index contributed by atoms with van der Waals surface area (Å²) in [5.74, 6) is 0.709. The van der Waals surface area contributed by atoms with Gasteiger partial charge in [-0.1, -0.05) is 13.8 Å². The fourth-order valence-electron chi connectivity index (χ4n) is 2.21. The Balaban J connectivity index is 2.37. The summed E-state index contributed by atoms with van der Waals surface area (Å²) in [6.45, 7) is 11.2. The molecule has 4 heteroatoms. The normalized spacial score (nSPS) is 31.5. The van der Waals surface area contributed by atoms with Crippen LogP contribution in [0.3, 0.4) is 0 Å². The quantitative estimate of drug-likeness (QED) is 0.831. The molecule has 0 aromatic rings. The Kier molecular flexibility index (Phi) is 6.67. The maximum atomic E-state index is 11.3. The Hall–Kier alpha value is 0.0700. The van der Waals surface area contributed by atoms with E-state index in [2.05, 4.69) is 31.0 Å². The molecule has 3 nitrogen and oxygen atoms in total. The van der Waals surface area contributed by atoms with Crippen LogP contribution in [0.4, 0.5) is 0 Å². The van der Waals surface area contributed by atoms with Crippen molar-refractivity contribution in [1.82, 2.24) is 10.2 Å². The molecule has 0 aromatic carbocycles. The third kappa shape index (κ3) is 5.98. The predicted molar refractivity (Wildman–Crippen MR) is 75.8 cm³/mol. The Morgan fingerprint density at radius 3 is 2.82 bits per heavy atom. The van der Waals surface area contributed by atoms with Gasteiger partial charge in [0, 0.05) is 34.9 Å². The first-order chi connectivity index (χ1) is 7.99. The van der Waals surface area contributed by atoms with Gasteiger partial charge in [-0.15, -0.1) is 0 Å². The summed E-state index contributed by atoms with van der Waals surface area (Å²) in [5, 5.41) is 3.89. The van der Waals surface area contributed by atoms with Crippen molar-refractivity contribution in [3.63, 3.8) is 0 Å². The van der Waals surface area contributed by atoms with Crippen LogP contribution in [0, 0.1) is 5.92 Å². The molecule has 0 saturated carbocycles. The topological polar surface area (TPSA) is 32.3 Å². The summed E-state index contributed by atoms with van der Waals surface area (Å²) >= 11 is 0. The number of nitrogens with one attached hydrogen (secondary N) is 1. The van der Waals surface area contributed by atoms with E-state index in [1.807, 2.05) is 6.26 Å². The standard InChI is InChI=1S/C13H28N2OS/c1-11-9-14-12(2)5-7-15(10-11)8-6-13(3)17(4)16/h11-14H,5-10H2,1-4H3. The molecule has 1 rings (SSSR count). The summed E-state index contributed by atoms with van der Waals surface area (Å²) in [5.41, 5.74) is 0. The monoisotopic (exact) mass is 260 g/mol. The Morgan fingerprint density at radius 2 is 2.18 bits per heavy atom. The minimum absolute atomic E-state index is 0.325. The zero-order chi connectivity index (χ0) is 12.8. The molecule has 1 aliphatic rings. The van der Waals surface area contributed by atoms with Crippen molar-refractivity contribution in [2.24, 2.45) is 5.92 Å². The largest absolute Gasteiger partial charge is 0.314 e. The maximum Gasteiger partial charge on any atom is 0.0329 e. The second-order valence-electron chi connectivity index (χ2n) is 5.60. The molecule has 0 spiro atoms. The van der Waals surface area contributed by atoms with Gasteiger partial charge < -0.3 is 10.2 Å². The van der Waals surface area contributed by atoms with Gasteiger partial charge in [-0.2, -0.15) is 0 Å². The predicted octanol–water partition coefficient (Wildman–Crippen LogP) is 1.46. The Bertz CT molecular complexity index is 248. The number of rotatable bonds is 4. The van der Waals surface area contributed by atoms with Crippen molar-refractivity contribution in [1.29, 1.82) is 0 Å². The van der Waals surface area contributed by atoms with Gasteiger partial charge in [0.2, 0.25) is 0 Å². The van der Waals surface area contributed by atoms with E-state index >= 15 is 0 Å². The van der Waals surface area contributed by atoms with Gasteiger partial charge in [-0.3, -0.25) is 4.21 Å². The summed E-state index contributed by atoms with van der Waals surface area (Å²) < 4.78 is 11.3. The fourth-order valence-corrected chi connectivity index (χ4v) is 2.65. The van der Waals surface area contributed by atoms with E-state index in [4.69, 9.17) is 0 Å². The average Bonchev–Trinajstić information content (AvgIpc) is 2.27. The molecule has 1 aliphatic heterocycles. The molecule has 0 amide bonds. The fraction of sp³-hybridized carbons (Fsp3) is 1.00. The van der Waals surface area contributed by atoms with Gasteiger partial charge in [0.15, 0.2) is 0 Å². The van der Waals surface area contributed by atoms with Crippen molar-refractivity contribution in [3.05, 3.63) is 0 Å². The van der Waals surface area contributed by atoms with Crippen LogP contribution in [0.15, 0.2) is 0 Å². The summed E-state index contributed by atoms with van der Waals surface area (Å²) in [6.07, 6.45) is 4.08. The first-order valence-electron chi connectivity index (χ1n) is 6.77. The molecule has 1 heterocycles. The highest BCUT2D eigenvalue weighted by Crippen LogP contribution is 2.09. The van der Waals surface area contributed by atoms with E-state index in [1.54, 1.807) is 0 Å². The molecule has 4 atom stereocenters. The van der Waals surface area contributed by atoms with Crippen LogP contribution in [-0.4, -0.2) is 52.8 Å². The third-order valence-corrected chi connectivity index (χ3v) is 5.05. The van der Waals surface area contributed by atoms with Gasteiger partial charge in [0.25, 0.3) is 0 Å². The van der Waals surface area contributed by atoms with E-state index < -0.39 is 10.8 Å². The summed E-state index contributed by atoms with van der Waals surface area (Å²) in [7, 11) is -0.677. The van der Waals surface area contributed by atoms with E-state index in [0.717, 1.165) is 19.5 Å². The molecule has 0 radical (unpaired) electrons. The van der Waals surface area contributed by atoms with Crippen LogP contribution in [-0.2, 0) is 10.8 Å².